The number of amides is 1. The number of nitrogens with zero attached hydrogens (tertiary/aromatic N) is 4. The number of carbonyl (C=O) groups is 1. The number of alkyl halides is 3. The van der Waals surface area contributed by atoms with E-state index in [1.165, 1.54) is 13.3 Å². The Kier molecular flexibility index (Phi) is 7.20. The van der Waals surface area contributed by atoms with Crippen LogP contribution in [0, 0.1) is 6.92 Å². The van der Waals surface area contributed by atoms with Gasteiger partial charge in [-0.3, -0.25) is 9.79 Å². The molecule has 2 N–H and O–H groups in total. The van der Waals surface area contributed by atoms with Gasteiger partial charge in [-0.05, 0) is 49.8 Å². The summed E-state index contributed by atoms with van der Waals surface area (Å²) in [6, 6.07) is 6.68. The van der Waals surface area contributed by atoms with Gasteiger partial charge in [0.15, 0.2) is 0 Å². The number of allylic oxidation sites excluding steroid dienone is 3. The van der Waals surface area contributed by atoms with Crippen molar-refractivity contribution < 1.29 is 22.5 Å². The number of amidine groups is 1. The highest BCUT2D eigenvalue weighted by Crippen LogP contribution is 2.29. The molecule has 0 fully saturated rings. The van der Waals surface area contributed by atoms with E-state index in [2.05, 4.69) is 30.8 Å². The third-order valence-electron chi connectivity index (χ3n) is 5.16. The van der Waals surface area contributed by atoms with Gasteiger partial charge < -0.3 is 15.2 Å². The molecule has 0 unspecified atom stereocenters. The average molecular weight is 517 g/mol. The molecule has 0 aliphatic carbocycles. The Morgan fingerprint density at radius 1 is 1.28 bits per heavy atom. The van der Waals surface area contributed by atoms with Crippen LogP contribution in [0.1, 0.15) is 46.5 Å². The van der Waals surface area contributed by atoms with Crippen molar-refractivity contribution in [2.45, 2.75) is 26.4 Å². The summed E-state index contributed by atoms with van der Waals surface area (Å²) in [5, 5.41) is 10.2. The number of aliphatic imine (C=N–C) groups is 1. The molecule has 0 saturated carbocycles. The van der Waals surface area contributed by atoms with Crippen molar-refractivity contribution in [2.75, 3.05) is 11.9 Å². The van der Waals surface area contributed by atoms with Gasteiger partial charge in [0.2, 0.25) is 12.2 Å². The molecule has 2 aromatic heterocycles. The summed E-state index contributed by atoms with van der Waals surface area (Å²) in [6.45, 7) is 3.69. The van der Waals surface area contributed by atoms with E-state index in [1.807, 2.05) is 19.1 Å². The van der Waals surface area contributed by atoms with Crippen molar-refractivity contribution in [3.05, 3.63) is 87.9 Å². The predicted octanol–water partition coefficient (Wildman–Crippen LogP) is 5.42. The monoisotopic (exact) mass is 516 g/mol. The molecular formula is C24H20ClF3N6O2. The van der Waals surface area contributed by atoms with Crippen LogP contribution in [0.2, 0.25) is 5.02 Å². The van der Waals surface area contributed by atoms with E-state index >= 15 is 0 Å². The lowest BCUT2D eigenvalue weighted by Gasteiger charge is -2.12. The fraction of sp³-hybridized carbons (Fsp3) is 0.208. The molecule has 1 aliphatic heterocycles. The van der Waals surface area contributed by atoms with E-state index in [-0.39, 0.29) is 11.3 Å². The van der Waals surface area contributed by atoms with E-state index in [0.29, 0.717) is 34.5 Å². The highest BCUT2D eigenvalue weighted by Gasteiger charge is 2.33. The lowest BCUT2D eigenvalue weighted by atomic mass is 10.1. The second kappa shape index (κ2) is 10.3. The second-order valence-electron chi connectivity index (χ2n) is 7.76. The summed E-state index contributed by atoms with van der Waals surface area (Å²) >= 11 is 6.39. The molecule has 0 saturated heterocycles. The van der Waals surface area contributed by atoms with Crippen molar-refractivity contribution in [3.63, 3.8) is 0 Å². The van der Waals surface area contributed by atoms with Crippen molar-refractivity contribution >= 4 is 34.6 Å². The van der Waals surface area contributed by atoms with Gasteiger partial charge in [-0.2, -0.15) is 18.2 Å². The highest BCUT2D eigenvalue weighted by atomic mass is 35.5. The predicted molar refractivity (Wildman–Crippen MR) is 129 cm³/mol. The molecule has 1 aliphatic rings. The molecule has 0 atom stereocenters. The van der Waals surface area contributed by atoms with Crippen molar-refractivity contribution in [1.82, 2.24) is 20.4 Å². The lowest BCUT2D eigenvalue weighted by molar-refractivity contribution is -0.141. The lowest BCUT2D eigenvalue weighted by Crippen LogP contribution is -2.20. The maximum Gasteiger partial charge on any atom is 0.433 e. The smallest absolute Gasteiger partial charge is 0.342 e. The average Bonchev–Trinajstić information content (AvgIpc) is 3.52. The number of aromatic nitrogens is 3. The Hall–Kier alpha value is -3.99. The second-order valence-corrected chi connectivity index (χ2v) is 8.17. The highest BCUT2D eigenvalue weighted by molar-refractivity contribution is 6.34. The minimum atomic E-state index is -4.59. The zero-order chi connectivity index (χ0) is 25.9. The maximum atomic E-state index is 12.9. The molecule has 4 rings (SSSR count). The van der Waals surface area contributed by atoms with Crippen LogP contribution in [0.25, 0.3) is 5.57 Å². The third-order valence-corrected chi connectivity index (χ3v) is 5.49. The first-order valence-corrected chi connectivity index (χ1v) is 11.2. The normalized spacial score (nSPS) is 15.1. The van der Waals surface area contributed by atoms with Crippen molar-refractivity contribution in [2.24, 2.45) is 4.99 Å². The van der Waals surface area contributed by atoms with E-state index in [0.717, 1.165) is 29.8 Å². The number of benzene rings is 1. The number of hydrogen-bond acceptors (Lipinski definition) is 7. The number of pyridine rings is 1. The van der Waals surface area contributed by atoms with Crippen molar-refractivity contribution in [3.8, 4) is 0 Å². The van der Waals surface area contributed by atoms with Gasteiger partial charge in [-0.1, -0.05) is 29.8 Å². The number of rotatable bonds is 6. The summed E-state index contributed by atoms with van der Waals surface area (Å²) in [6.07, 6.45) is 1.25. The van der Waals surface area contributed by atoms with Crippen LogP contribution in [0.4, 0.5) is 18.9 Å². The molecule has 1 amide bonds. The van der Waals surface area contributed by atoms with Crippen LogP contribution in [0.15, 0.2) is 64.1 Å². The number of carbonyl (C=O) groups excluding carboxylic acids is 1. The van der Waals surface area contributed by atoms with Crippen molar-refractivity contribution in [1.29, 1.82) is 0 Å². The van der Waals surface area contributed by atoms with Crippen LogP contribution in [-0.2, 0) is 6.18 Å². The van der Waals surface area contributed by atoms with Crippen LogP contribution in [0.5, 0.6) is 0 Å². The molecule has 8 nitrogen and oxygen atoms in total. The molecular weight excluding hydrogens is 497 g/mol. The Balaban J connectivity index is 1.51. The molecule has 1 aromatic carbocycles. The van der Waals surface area contributed by atoms with Gasteiger partial charge >= 0.3 is 6.18 Å². The zero-order valence-electron chi connectivity index (χ0n) is 19.2. The molecule has 3 heterocycles. The van der Waals surface area contributed by atoms with Crippen LogP contribution < -0.4 is 10.6 Å². The topological polar surface area (TPSA) is 105 Å². The fourth-order valence-electron chi connectivity index (χ4n) is 3.49. The minimum absolute atomic E-state index is 0.0257. The van der Waals surface area contributed by atoms with Crippen LogP contribution >= 0.6 is 11.6 Å². The summed E-state index contributed by atoms with van der Waals surface area (Å²) < 4.78 is 43.5. The first-order chi connectivity index (χ1) is 17.2. The Morgan fingerprint density at radius 2 is 2.08 bits per heavy atom. The van der Waals surface area contributed by atoms with E-state index in [4.69, 9.17) is 16.1 Å². The van der Waals surface area contributed by atoms with E-state index in [1.54, 1.807) is 18.2 Å². The molecule has 186 valence electrons. The van der Waals surface area contributed by atoms with E-state index < -0.39 is 17.8 Å². The summed E-state index contributed by atoms with van der Waals surface area (Å²) in [5.74, 6) is 0.354. The number of halogens is 4. The number of nitrogens with one attached hydrogen (secondary N) is 2. The molecule has 0 bridgehead atoms. The SMILES string of the molecule is CC/C=C(\C=C1/CN=C(c2cc(NC(=O)c3ccc(C(F)(F)F)nc3C)ccc2Cl)N1)c1ncon1. The molecule has 12 heteroatoms. The molecule has 36 heavy (non-hydrogen) atoms. The summed E-state index contributed by atoms with van der Waals surface area (Å²) in [4.78, 5) is 24.8. The van der Waals surface area contributed by atoms with Gasteiger partial charge in [0.1, 0.15) is 11.5 Å². The number of aryl methyl sites for hydroxylation is 1. The number of anilines is 1. The molecule has 0 spiro atoms. The van der Waals surface area contributed by atoms with Crippen LogP contribution in [0.3, 0.4) is 0 Å². The Bertz CT molecular complexity index is 1380. The fourth-order valence-corrected chi connectivity index (χ4v) is 3.70. The number of hydrogen-bond donors (Lipinski definition) is 2. The largest absolute Gasteiger partial charge is 0.433 e. The summed E-state index contributed by atoms with van der Waals surface area (Å²) in [7, 11) is 0. The van der Waals surface area contributed by atoms with E-state index in [9.17, 15) is 18.0 Å². The molecule has 3 aromatic rings. The third kappa shape index (κ3) is 5.62. The maximum absolute atomic E-state index is 12.9. The standard InChI is InChI=1S/C24H20ClF3N6O2/c1-3-4-14(21-30-12-36-34-21)9-16-11-29-22(32-16)18-10-15(5-7-19(18)25)33-23(35)17-6-8-20(24(26,27)28)31-13(17)2/h4-10,12H,3,11H2,1-2H3,(H,29,32)(H,33,35)/b14-4+,16-9+. The Labute approximate surface area is 209 Å². The first kappa shape index (κ1) is 25.1. The summed E-state index contributed by atoms with van der Waals surface area (Å²) in [5.41, 5.74) is 1.42. The van der Waals surface area contributed by atoms with Gasteiger partial charge in [-0.25, -0.2) is 4.98 Å². The van der Waals surface area contributed by atoms with Gasteiger partial charge in [0.05, 0.1) is 22.8 Å². The van der Waals surface area contributed by atoms with Gasteiger partial charge in [-0.15, -0.1) is 0 Å². The minimum Gasteiger partial charge on any atom is -0.342 e. The van der Waals surface area contributed by atoms with Gasteiger partial charge in [0.25, 0.3) is 5.91 Å². The van der Waals surface area contributed by atoms with Crippen LogP contribution in [-0.4, -0.2) is 33.4 Å². The van der Waals surface area contributed by atoms with Gasteiger partial charge in [0, 0.05) is 22.5 Å². The molecule has 0 radical (unpaired) electrons. The first-order valence-electron chi connectivity index (χ1n) is 10.8. The zero-order valence-corrected chi connectivity index (χ0v) is 19.9. The Morgan fingerprint density at radius 3 is 2.75 bits per heavy atom. The quantitative estimate of drug-likeness (QED) is 0.453.